The minimum absolute atomic E-state index is 0.744. The van der Waals surface area contributed by atoms with E-state index in [-0.39, 0.29) is 0 Å². The molecule has 0 radical (unpaired) electrons. The summed E-state index contributed by atoms with van der Waals surface area (Å²) in [4.78, 5) is 0. The number of fused-ring (bicyclic) bond motifs is 1. The molecule has 0 aromatic heterocycles. The molecule has 1 saturated carbocycles. The van der Waals surface area contributed by atoms with Gasteiger partial charge in [0.2, 0.25) is 0 Å². The number of benzene rings is 1. The molecule has 1 N–H and O–H groups in total. The third-order valence-electron chi connectivity index (χ3n) is 4.50. The highest BCUT2D eigenvalue weighted by Gasteiger charge is 2.15. The summed E-state index contributed by atoms with van der Waals surface area (Å²) in [6.45, 7) is 1.78. The van der Waals surface area contributed by atoms with E-state index in [0.29, 0.717) is 0 Å². The van der Waals surface area contributed by atoms with E-state index in [1.165, 1.54) is 62.5 Å². The summed E-state index contributed by atoms with van der Waals surface area (Å²) >= 11 is 0. The van der Waals surface area contributed by atoms with Gasteiger partial charge in [0.05, 0.1) is 0 Å². The first-order chi connectivity index (χ1) is 9.43. The van der Waals surface area contributed by atoms with Crippen molar-refractivity contribution in [2.45, 2.75) is 57.4 Å². The Morgan fingerprint density at radius 3 is 2.79 bits per heavy atom. The maximum absolute atomic E-state index is 6.00. The SMILES string of the molecule is c1cc2c(c(OCCNC3CCCC3)c1)CCCC2. The molecule has 0 aliphatic heterocycles. The van der Waals surface area contributed by atoms with E-state index in [9.17, 15) is 0 Å². The van der Waals surface area contributed by atoms with E-state index in [1.807, 2.05) is 0 Å². The molecular formula is C17H25NO. The maximum Gasteiger partial charge on any atom is 0.122 e. The predicted octanol–water partition coefficient (Wildman–Crippen LogP) is 3.48. The summed E-state index contributed by atoms with van der Waals surface area (Å²) < 4.78 is 6.00. The fraction of sp³-hybridized carbons (Fsp3) is 0.647. The van der Waals surface area contributed by atoms with Crippen LogP contribution in [0.1, 0.15) is 49.7 Å². The van der Waals surface area contributed by atoms with Crippen molar-refractivity contribution in [2.24, 2.45) is 0 Å². The molecule has 3 rings (SSSR count). The summed E-state index contributed by atoms with van der Waals surface area (Å²) in [5.74, 6) is 1.13. The lowest BCUT2D eigenvalue weighted by atomic mass is 9.91. The van der Waals surface area contributed by atoms with E-state index in [2.05, 4.69) is 23.5 Å². The van der Waals surface area contributed by atoms with Gasteiger partial charge in [0.15, 0.2) is 0 Å². The Bertz CT molecular complexity index is 410. The van der Waals surface area contributed by atoms with Gasteiger partial charge in [0, 0.05) is 12.6 Å². The average Bonchev–Trinajstić information content (AvgIpc) is 2.97. The van der Waals surface area contributed by atoms with Crippen molar-refractivity contribution in [1.82, 2.24) is 5.32 Å². The highest BCUT2D eigenvalue weighted by atomic mass is 16.5. The summed E-state index contributed by atoms with van der Waals surface area (Å²) in [6.07, 6.45) is 10.6. The van der Waals surface area contributed by atoms with Gasteiger partial charge in [-0.1, -0.05) is 25.0 Å². The van der Waals surface area contributed by atoms with Crippen LogP contribution in [-0.4, -0.2) is 19.2 Å². The number of hydrogen-bond donors (Lipinski definition) is 1. The van der Waals surface area contributed by atoms with E-state index in [1.54, 1.807) is 0 Å². The molecule has 0 unspecified atom stereocenters. The molecule has 1 aromatic rings. The maximum atomic E-state index is 6.00. The highest BCUT2D eigenvalue weighted by Crippen LogP contribution is 2.29. The lowest BCUT2D eigenvalue weighted by molar-refractivity contribution is 0.301. The van der Waals surface area contributed by atoms with Gasteiger partial charge >= 0.3 is 0 Å². The first-order valence-electron chi connectivity index (χ1n) is 7.90. The van der Waals surface area contributed by atoms with Crippen LogP contribution < -0.4 is 10.1 Å². The zero-order chi connectivity index (χ0) is 12.9. The van der Waals surface area contributed by atoms with Crippen LogP contribution in [0.25, 0.3) is 0 Å². The van der Waals surface area contributed by atoms with Crippen molar-refractivity contribution < 1.29 is 4.74 Å². The number of rotatable bonds is 5. The van der Waals surface area contributed by atoms with E-state index in [4.69, 9.17) is 4.74 Å². The number of hydrogen-bond acceptors (Lipinski definition) is 2. The fourth-order valence-electron chi connectivity index (χ4n) is 3.44. The Labute approximate surface area is 116 Å². The van der Waals surface area contributed by atoms with E-state index >= 15 is 0 Å². The third kappa shape index (κ3) is 3.30. The van der Waals surface area contributed by atoms with Crippen molar-refractivity contribution in [3.63, 3.8) is 0 Å². The molecule has 2 heteroatoms. The topological polar surface area (TPSA) is 21.3 Å². The van der Waals surface area contributed by atoms with Gasteiger partial charge in [-0.25, -0.2) is 0 Å². The lowest BCUT2D eigenvalue weighted by Crippen LogP contribution is -2.30. The minimum atomic E-state index is 0.744. The minimum Gasteiger partial charge on any atom is -0.492 e. The first-order valence-corrected chi connectivity index (χ1v) is 7.90. The van der Waals surface area contributed by atoms with Crippen LogP contribution in [0.5, 0.6) is 5.75 Å². The second kappa shape index (κ2) is 6.42. The van der Waals surface area contributed by atoms with Gasteiger partial charge in [0.1, 0.15) is 12.4 Å². The zero-order valence-electron chi connectivity index (χ0n) is 11.8. The van der Waals surface area contributed by atoms with Crippen LogP contribution in [-0.2, 0) is 12.8 Å². The summed E-state index contributed by atoms with van der Waals surface area (Å²) in [5.41, 5.74) is 2.97. The molecule has 0 spiro atoms. The fourth-order valence-corrected chi connectivity index (χ4v) is 3.44. The first kappa shape index (κ1) is 13.0. The quantitative estimate of drug-likeness (QED) is 0.817. The second-order valence-electron chi connectivity index (χ2n) is 5.88. The smallest absolute Gasteiger partial charge is 0.122 e. The molecule has 0 heterocycles. The van der Waals surface area contributed by atoms with Crippen LogP contribution in [0.3, 0.4) is 0 Å². The predicted molar refractivity (Wildman–Crippen MR) is 78.8 cm³/mol. The summed E-state index contributed by atoms with van der Waals surface area (Å²) in [7, 11) is 0. The van der Waals surface area contributed by atoms with E-state index in [0.717, 1.165) is 24.9 Å². The molecule has 2 nitrogen and oxygen atoms in total. The van der Waals surface area contributed by atoms with Crippen LogP contribution in [0.2, 0.25) is 0 Å². The van der Waals surface area contributed by atoms with Crippen molar-refractivity contribution in [1.29, 1.82) is 0 Å². The van der Waals surface area contributed by atoms with Gasteiger partial charge < -0.3 is 10.1 Å². The van der Waals surface area contributed by atoms with Crippen LogP contribution in [0.4, 0.5) is 0 Å². The largest absolute Gasteiger partial charge is 0.492 e. The number of ether oxygens (including phenoxy) is 1. The average molecular weight is 259 g/mol. The summed E-state index contributed by atoms with van der Waals surface area (Å²) in [5, 5.41) is 3.61. The van der Waals surface area contributed by atoms with Crippen molar-refractivity contribution in [3.8, 4) is 5.75 Å². The Balaban J connectivity index is 1.49. The molecule has 0 bridgehead atoms. The van der Waals surface area contributed by atoms with Crippen LogP contribution in [0.15, 0.2) is 18.2 Å². The molecule has 0 saturated heterocycles. The van der Waals surface area contributed by atoms with Gasteiger partial charge in [-0.3, -0.25) is 0 Å². The standard InChI is InChI=1S/C17H25NO/c1-4-10-16-14(6-1)7-5-11-17(16)19-13-12-18-15-8-2-3-9-15/h5,7,11,15,18H,1-4,6,8-10,12-13H2. The third-order valence-corrected chi connectivity index (χ3v) is 4.50. The van der Waals surface area contributed by atoms with Gasteiger partial charge in [-0.05, 0) is 55.7 Å². The number of aryl methyl sites for hydroxylation is 1. The second-order valence-corrected chi connectivity index (χ2v) is 5.88. The summed E-state index contributed by atoms with van der Waals surface area (Å²) in [6, 6.07) is 7.29. The van der Waals surface area contributed by atoms with Gasteiger partial charge in [-0.2, -0.15) is 0 Å². The van der Waals surface area contributed by atoms with Crippen molar-refractivity contribution in [3.05, 3.63) is 29.3 Å². The lowest BCUT2D eigenvalue weighted by Gasteiger charge is -2.20. The molecule has 19 heavy (non-hydrogen) atoms. The van der Waals surface area contributed by atoms with Crippen LogP contribution >= 0.6 is 0 Å². The molecule has 0 atom stereocenters. The van der Waals surface area contributed by atoms with Crippen molar-refractivity contribution >= 4 is 0 Å². The molecular weight excluding hydrogens is 234 g/mol. The normalized spacial score (nSPS) is 19.4. The van der Waals surface area contributed by atoms with Gasteiger partial charge in [0.25, 0.3) is 0 Å². The molecule has 1 fully saturated rings. The highest BCUT2D eigenvalue weighted by molar-refractivity contribution is 5.41. The van der Waals surface area contributed by atoms with E-state index < -0.39 is 0 Å². The Morgan fingerprint density at radius 2 is 1.89 bits per heavy atom. The number of nitrogens with one attached hydrogen (secondary N) is 1. The Hall–Kier alpha value is -1.02. The molecule has 2 aliphatic rings. The molecule has 1 aromatic carbocycles. The molecule has 104 valence electrons. The van der Waals surface area contributed by atoms with Crippen molar-refractivity contribution in [2.75, 3.05) is 13.2 Å². The molecule has 2 aliphatic carbocycles. The zero-order valence-corrected chi connectivity index (χ0v) is 11.8. The Kier molecular flexibility index (Phi) is 4.39. The van der Waals surface area contributed by atoms with Crippen LogP contribution in [0, 0.1) is 0 Å². The monoisotopic (exact) mass is 259 g/mol. The molecule has 0 amide bonds. The Morgan fingerprint density at radius 1 is 1.05 bits per heavy atom. The van der Waals surface area contributed by atoms with Gasteiger partial charge in [-0.15, -0.1) is 0 Å².